The van der Waals surface area contributed by atoms with Gasteiger partial charge < -0.3 is 14.9 Å². The van der Waals surface area contributed by atoms with Crippen LogP contribution in [-0.4, -0.2) is 22.8 Å². The Bertz CT molecular complexity index is 603. The summed E-state index contributed by atoms with van der Waals surface area (Å²) in [5.74, 6) is 0.214. The lowest BCUT2D eigenvalue weighted by atomic mass is 9.97. The number of aromatic nitrogens is 1. The maximum atomic E-state index is 12.5. The molecule has 0 saturated heterocycles. The van der Waals surface area contributed by atoms with Gasteiger partial charge in [-0.2, -0.15) is 0 Å². The second kappa shape index (κ2) is 7.22. The molecule has 118 valence electrons. The largest absolute Gasteiger partial charge is 0.396 e. The highest BCUT2D eigenvalue weighted by molar-refractivity contribution is 5.84. The summed E-state index contributed by atoms with van der Waals surface area (Å²) in [7, 11) is 0. The monoisotopic (exact) mass is 302 g/mol. The number of aryl methyl sites for hydroxylation is 2. The number of rotatable bonds is 6. The number of hydrogen-bond acceptors (Lipinski definition) is 4. The first kappa shape index (κ1) is 16.2. The van der Waals surface area contributed by atoms with Crippen LogP contribution in [0.25, 0.3) is 0 Å². The molecule has 0 aliphatic rings. The third-order valence-corrected chi connectivity index (χ3v) is 3.85. The highest BCUT2D eigenvalue weighted by Crippen LogP contribution is 2.25. The van der Waals surface area contributed by atoms with Crippen molar-refractivity contribution in [1.29, 1.82) is 0 Å². The van der Waals surface area contributed by atoms with Crippen molar-refractivity contribution in [3.8, 4) is 0 Å². The molecular formula is C17H22N2O3. The van der Waals surface area contributed by atoms with E-state index in [1.165, 1.54) is 0 Å². The number of hydrogen-bond donors (Lipinski definition) is 2. The summed E-state index contributed by atoms with van der Waals surface area (Å²) < 4.78 is 5.13. The molecule has 22 heavy (non-hydrogen) atoms. The highest BCUT2D eigenvalue weighted by Gasteiger charge is 2.25. The zero-order chi connectivity index (χ0) is 16.1. The normalized spacial score (nSPS) is 13.6. The summed E-state index contributed by atoms with van der Waals surface area (Å²) in [6.45, 7) is 5.49. The van der Waals surface area contributed by atoms with E-state index < -0.39 is 0 Å². The van der Waals surface area contributed by atoms with Gasteiger partial charge in [0, 0.05) is 12.2 Å². The fourth-order valence-electron chi connectivity index (χ4n) is 2.67. The van der Waals surface area contributed by atoms with Crippen LogP contribution < -0.4 is 5.32 Å². The predicted octanol–water partition coefficient (Wildman–Crippen LogP) is 2.63. The highest BCUT2D eigenvalue weighted by atomic mass is 16.5. The summed E-state index contributed by atoms with van der Waals surface area (Å²) >= 11 is 0. The van der Waals surface area contributed by atoms with E-state index in [-0.39, 0.29) is 24.5 Å². The SMILES string of the molecule is Cc1noc(C)c1C(C)C(=O)NC(CCO)c1ccccc1. The zero-order valence-electron chi connectivity index (χ0n) is 13.2. The third-order valence-electron chi connectivity index (χ3n) is 3.85. The van der Waals surface area contributed by atoms with Crippen LogP contribution in [0.15, 0.2) is 34.9 Å². The molecule has 2 atom stereocenters. The van der Waals surface area contributed by atoms with E-state index >= 15 is 0 Å². The second-order valence-corrected chi connectivity index (χ2v) is 5.44. The van der Waals surface area contributed by atoms with E-state index in [0.717, 1.165) is 16.8 Å². The number of carbonyl (C=O) groups excluding carboxylic acids is 1. The van der Waals surface area contributed by atoms with Crippen LogP contribution in [0.4, 0.5) is 0 Å². The molecule has 0 aliphatic carbocycles. The van der Waals surface area contributed by atoms with Gasteiger partial charge in [-0.3, -0.25) is 4.79 Å². The first-order valence-electron chi connectivity index (χ1n) is 7.43. The van der Waals surface area contributed by atoms with Crippen LogP contribution in [-0.2, 0) is 4.79 Å². The molecule has 5 nitrogen and oxygen atoms in total. The van der Waals surface area contributed by atoms with Crippen LogP contribution in [0.2, 0.25) is 0 Å². The standard InChI is InChI=1S/C17H22N2O3/c1-11(16-12(2)19-22-13(16)3)17(21)18-15(9-10-20)14-7-5-4-6-8-14/h4-8,11,15,20H,9-10H2,1-3H3,(H,18,21). The molecule has 0 saturated carbocycles. The minimum atomic E-state index is -0.351. The van der Waals surface area contributed by atoms with E-state index in [0.29, 0.717) is 12.2 Å². The number of aliphatic hydroxyl groups is 1. The topological polar surface area (TPSA) is 75.4 Å². The first-order valence-corrected chi connectivity index (χ1v) is 7.43. The smallest absolute Gasteiger partial charge is 0.227 e. The van der Waals surface area contributed by atoms with Crippen LogP contribution in [0.5, 0.6) is 0 Å². The van der Waals surface area contributed by atoms with E-state index in [9.17, 15) is 9.90 Å². The Morgan fingerprint density at radius 1 is 1.32 bits per heavy atom. The quantitative estimate of drug-likeness (QED) is 0.860. The Balaban J connectivity index is 2.15. The Morgan fingerprint density at radius 3 is 2.55 bits per heavy atom. The first-order chi connectivity index (χ1) is 10.5. The molecular weight excluding hydrogens is 280 g/mol. The fraction of sp³-hybridized carbons (Fsp3) is 0.412. The maximum Gasteiger partial charge on any atom is 0.227 e. The van der Waals surface area contributed by atoms with Gasteiger partial charge in [0.05, 0.1) is 17.7 Å². The molecule has 2 aromatic rings. The zero-order valence-corrected chi connectivity index (χ0v) is 13.2. The van der Waals surface area contributed by atoms with Gasteiger partial charge in [0.25, 0.3) is 0 Å². The molecule has 0 bridgehead atoms. The van der Waals surface area contributed by atoms with E-state index in [4.69, 9.17) is 4.52 Å². The van der Waals surface area contributed by atoms with Crippen molar-refractivity contribution >= 4 is 5.91 Å². The number of nitrogens with one attached hydrogen (secondary N) is 1. The lowest BCUT2D eigenvalue weighted by Crippen LogP contribution is -2.32. The average molecular weight is 302 g/mol. The van der Waals surface area contributed by atoms with E-state index in [2.05, 4.69) is 10.5 Å². The Morgan fingerprint density at radius 2 is 2.00 bits per heavy atom. The number of nitrogens with zero attached hydrogens (tertiary/aromatic N) is 1. The Kier molecular flexibility index (Phi) is 5.33. The van der Waals surface area contributed by atoms with Crippen LogP contribution in [0, 0.1) is 13.8 Å². The molecule has 1 aromatic carbocycles. The average Bonchev–Trinajstić information content (AvgIpc) is 2.86. The van der Waals surface area contributed by atoms with Crippen molar-refractivity contribution in [3.63, 3.8) is 0 Å². The van der Waals surface area contributed by atoms with Gasteiger partial charge in [0.15, 0.2) is 0 Å². The molecule has 5 heteroatoms. The third kappa shape index (κ3) is 3.54. The summed E-state index contributed by atoms with van der Waals surface area (Å²) in [6.07, 6.45) is 0.476. The summed E-state index contributed by atoms with van der Waals surface area (Å²) in [5, 5.41) is 16.2. The summed E-state index contributed by atoms with van der Waals surface area (Å²) in [6, 6.07) is 9.45. The second-order valence-electron chi connectivity index (χ2n) is 5.44. The van der Waals surface area contributed by atoms with Gasteiger partial charge >= 0.3 is 0 Å². The minimum absolute atomic E-state index is 0.0134. The summed E-state index contributed by atoms with van der Waals surface area (Å²) in [5.41, 5.74) is 2.54. The van der Waals surface area contributed by atoms with E-state index in [1.54, 1.807) is 0 Å². The summed E-state index contributed by atoms with van der Waals surface area (Å²) in [4.78, 5) is 12.5. The maximum absolute atomic E-state index is 12.5. The molecule has 2 rings (SSSR count). The van der Waals surface area contributed by atoms with Crippen molar-refractivity contribution in [2.24, 2.45) is 0 Å². The molecule has 0 fully saturated rings. The van der Waals surface area contributed by atoms with Crippen LogP contribution >= 0.6 is 0 Å². The molecule has 1 amide bonds. The lowest BCUT2D eigenvalue weighted by molar-refractivity contribution is -0.123. The van der Waals surface area contributed by atoms with Crippen molar-refractivity contribution < 1.29 is 14.4 Å². The Labute approximate surface area is 130 Å². The molecule has 0 aliphatic heterocycles. The van der Waals surface area contributed by atoms with Crippen LogP contribution in [0.1, 0.15) is 47.9 Å². The molecule has 2 N–H and O–H groups in total. The molecule has 0 radical (unpaired) electrons. The lowest BCUT2D eigenvalue weighted by Gasteiger charge is -2.21. The molecule has 2 unspecified atom stereocenters. The van der Waals surface area contributed by atoms with Gasteiger partial charge in [0.1, 0.15) is 5.76 Å². The van der Waals surface area contributed by atoms with Gasteiger partial charge in [-0.15, -0.1) is 0 Å². The number of benzene rings is 1. The number of amides is 1. The predicted molar refractivity (Wildman–Crippen MR) is 83.4 cm³/mol. The van der Waals surface area contributed by atoms with Gasteiger partial charge in [-0.1, -0.05) is 35.5 Å². The van der Waals surface area contributed by atoms with Gasteiger partial charge in [0.2, 0.25) is 5.91 Å². The number of carbonyl (C=O) groups is 1. The van der Waals surface area contributed by atoms with Gasteiger partial charge in [-0.05, 0) is 32.8 Å². The molecule has 1 heterocycles. The Hall–Kier alpha value is -2.14. The number of aliphatic hydroxyl groups excluding tert-OH is 1. The van der Waals surface area contributed by atoms with Crippen molar-refractivity contribution in [2.75, 3.05) is 6.61 Å². The van der Waals surface area contributed by atoms with Crippen LogP contribution in [0.3, 0.4) is 0 Å². The molecule has 0 spiro atoms. The molecule has 1 aromatic heterocycles. The fourth-order valence-corrected chi connectivity index (χ4v) is 2.67. The van der Waals surface area contributed by atoms with Gasteiger partial charge in [-0.25, -0.2) is 0 Å². The minimum Gasteiger partial charge on any atom is -0.396 e. The van der Waals surface area contributed by atoms with Crippen molar-refractivity contribution in [3.05, 3.63) is 52.9 Å². The van der Waals surface area contributed by atoms with Crippen molar-refractivity contribution in [2.45, 2.75) is 39.2 Å². The van der Waals surface area contributed by atoms with Crippen molar-refractivity contribution in [1.82, 2.24) is 10.5 Å². The van der Waals surface area contributed by atoms with E-state index in [1.807, 2.05) is 51.1 Å².